The van der Waals surface area contributed by atoms with Crippen molar-refractivity contribution < 1.29 is 45.1 Å². The summed E-state index contributed by atoms with van der Waals surface area (Å²) in [5, 5.41) is 10.1. The Morgan fingerprint density at radius 2 is 1.45 bits per heavy atom. The summed E-state index contributed by atoms with van der Waals surface area (Å²) in [6, 6.07) is 17.8. The molecule has 2 aromatic rings. The van der Waals surface area contributed by atoms with Gasteiger partial charge in [0.1, 0.15) is 12.2 Å². The van der Waals surface area contributed by atoms with E-state index < -0.39 is 40.2 Å². The van der Waals surface area contributed by atoms with E-state index in [0.717, 1.165) is 5.56 Å². The van der Waals surface area contributed by atoms with Crippen LogP contribution >= 0.6 is 0 Å². The van der Waals surface area contributed by atoms with Gasteiger partial charge in [-0.15, -0.1) is 0 Å². The maximum absolute atomic E-state index is 12.8. The van der Waals surface area contributed by atoms with Gasteiger partial charge < -0.3 is 19.3 Å². The van der Waals surface area contributed by atoms with E-state index in [1.54, 1.807) is 30.3 Å². The van der Waals surface area contributed by atoms with Crippen LogP contribution in [-0.2, 0) is 41.7 Å². The molecular formula is C20H21F3O7S. The van der Waals surface area contributed by atoms with E-state index in [1.165, 1.54) is 0 Å². The van der Waals surface area contributed by atoms with E-state index >= 15 is 0 Å². The molecule has 0 radical (unpaired) electrons. The van der Waals surface area contributed by atoms with Crippen molar-refractivity contribution in [3.63, 3.8) is 0 Å². The van der Waals surface area contributed by atoms with E-state index in [2.05, 4.69) is 4.18 Å². The van der Waals surface area contributed by atoms with Gasteiger partial charge in [-0.2, -0.15) is 21.6 Å². The van der Waals surface area contributed by atoms with Gasteiger partial charge in [-0.05, 0) is 11.1 Å². The van der Waals surface area contributed by atoms with Gasteiger partial charge in [0.2, 0.25) is 0 Å². The first-order valence-corrected chi connectivity index (χ1v) is 10.7. The molecule has 1 saturated heterocycles. The maximum Gasteiger partial charge on any atom is 0.523 e. The van der Waals surface area contributed by atoms with Gasteiger partial charge in [-0.3, -0.25) is 4.18 Å². The van der Waals surface area contributed by atoms with E-state index in [0.29, 0.717) is 5.56 Å². The van der Waals surface area contributed by atoms with E-state index in [4.69, 9.17) is 14.2 Å². The standard InChI is InChI=1S/C20H21F3O7S/c21-20(22,23)31(25,26)30-18-17(28-12-15-9-5-2-6-10-15)16(29-19(18)24)13-27-11-14-7-3-1-4-8-14/h1-10,16-19,24H,11-13H2/t16-,17-,18+,19-/m1/s1. The van der Waals surface area contributed by atoms with E-state index in [1.807, 2.05) is 30.3 Å². The third-order valence-electron chi connectivity index (χ3n) is 4.49. The summed E-state index contributed by atoms with van der Waals surface area (Å²) in [7, 11) is -5.98. The first-order valence-electron chi connectivity index (χ1n) is 9.27. The van der Waals surface area contributed by atoms with Crippen molar-refractivity contribution in [2.75, 3.05) is 6.61 Å². The second-order valence-electron chi connectivity index (χ2n) is 6.79. The van der Waals surface area contributed by atoms with Crippen LogP contribution in [0.25, 0.3) is 0 Å². The zero-order valence-corrected chi connectivity index (χ0v) is 17.0. The van der Waals surface area contributed by atoms with Crippen LogP contribution in [0.5, 0.6) is 0 Å². The summed E-state index contributed by atoms with van der Waals surface area (Å²) in [5.74, 6) is 0. The van der Waals surface area contributed by atoms with Crippen molar-refractivity contribution in [3.8, 4) is 0 Å². The summed E-state index contributed by atoms with van der Waals surface area (Å²) in [6.45, 7) is -0.0609. The Bertz CT molecular complexity index is 923. The molecule has 1 heterocycles. The topological polar surface area (TPSA) is 91.3 Å². The molecule has 0 aliphatic carbocycles. The molecule has 31 heavy (non-hydrogen) atoms. The first kappa shape index (κ1) is 23.6. The minimum Gasteiger partial charge on any atom is -0.374 e. The van der Waals surface area contributed by atoms with Crippen molar-refractivity contribution in [1.29, 1.82) is 0 Å². The number of ether oxygens (including phenoxy) is 3. The lowest BCUT2D eigenvalue weighted by atomic mass is 10.1. The number of alkyl halides is 3. The largest absolute Gasteiger partial charge is 0.523 e. The van der Waals surface area contributed by atoms with Crippen LogP contribution in [0.15, 0.2) is 60.7 Å². The van der Waals surface area contributed by atoms with Crippen LogP contribution in [0.3, 0.4) is 0 Å². The maximum atomic E-state index is 12.8. The molecule has 4 atom stereocenters. The van der Waals surface area contributed by atoms with Gasteiger partial charge in [0.15, 0.2) is 12.4 Å². The second kappa shape index (κ2) is 10.1. The van der Waals surface area contributed by atoms with Gasteiger partial charge in [0.25, 0.3) is 0 Å². The Balaban J connectivity index is 1.71. The summed E-state index contributed by atoms with van der Waals surface area (Å²) < 4.78 is 81.9. The zero-order valence-electron chi connectivity index (χ0n) is 16.1. The summed E-state index contributed by atoms with van der Waals surface area (Å²) in [6.07, 6.45) is -6.26. The molecule has 0 spiro atoms. The molecule has 0 aromatic heterocycles. The molecule has 11 heteroatoms. The molecule has 1 fully saturated rings. The Kier molecular flexibility index (Phi) is 7.68. The van der Waals surface area contributed by atoms with E-state index in [9.17, 15) is 26.7 Å². The molecule has 1 aliphatic heterocycles. The molecule has 1 N–H and O–H groups in total. The average molecular weight is 462 g/mol. The predicted octanol–water partition coefficient (Wildman–Crippen LogP) is 2.74. The SMILES string of the molecule is O=S(=O)(O[C@H]1[C@H](OCc2ccccc2)[C@@H](COCc2ccccc2)O[C@H]1O)C(F)(F)F. The number of hydrogen-bond donors (Lipinski definition) is 1. The second-order valence-corrected chi connectivity index (χ2v) is 8.35. The third-order valence-corrected chi connectivity index (χ3v) is 5.53. The molecule has 0 bridgehead atoms. The number of aliphatic hydroxyl groups is 1. The molecular weight excluding hydrogens is 441 g/mol. The minimum atomic E-state index is -5.98. The monoisotopic (exact) mass is 462 g/mol. The molecule has 0 amide bonds. The van der Waals surface area contributed by atoms with Crippen molar-refractivity contribution in [3.05, 3.63) is 71.8 Å². The highest BCUT2D eigenvalue weighted by molar-refractivity contribution is 7.87. The molecule has 2 aromatic carbocycles. The van der Waals surface area contributed by atoms with Crippen LogP contribution in [0.4, 0.5) is 13.2 Å². The van der Waals surface area contributed by atoms with Gasteiger partial charge in [-0.1, -0.05) is 60.7 Å². The van der Waals surface area contributed by atoms with Gasteiger partial charge >= 0.3 is 15.6 Å². The summed E-state index contributed by atoms with van der Waals surface area (Å²) in [4.78, 5) is 0. The Morgan fingerprint density at radius 1 is 0.903 bits per heavy atom. The van der Waals surface area contributed by atoms with Crippen LogP contribution < -0.4 is 0 Å². The molecule has 7 nitrogen and oxygen atoms in total. The van der Waals surface area contributed by atoms with Crippen molar-refractivity contribution >= 4 is 10.1 Å². The van der Waals surface area contributed by atoms with Gasteiger partial charge in [0, 0.05) is 0 Å². The highest BCUT2D eigenvalue weighted by Crippen LogP contribution is 2.33. The Hall–Kier alpha value is -2.02. The number of halogens is 3. The van der Waals surface area contributed by atoms with Crippen LogP contribution in [0, 0.1) is 0 Å². The van der Waals surface area contributed by atoms with Crippen molar-refractivity contribution in [1.82, 2.24) is 0 Å². The lowest BCUT2D eigenvalue weighted by Gasteiger charge is -2.23. The molecule has 0 saturated carbocycles. The number of rotatable bonds is 9. The Morgan fingerprint density at radius 3 is 2.00 bits per heavy atom. The van der Waals surface area contributed by atoms with Crippen LogP contribution in [0.2, 0.25) is 0 Å². The van der Waals surface area contributed by atoms with Crippen molar-refractivity contribution in [2.45, 2.75) is 43.3 Å². The first-order chi connectivity index (χ1) is 14.7. The predicted molar refractivity (Wildman–Crippen MR) is 102 cm³/mol. The number of benzene rings is 2. The van der Waals surface area contributed by atoms with E-state index in [-0.39, 0.29) is 19.8 Å². The highest BCUT2D eigenvalue weighted by Gasteiger charge is 2.54. The fourth-order valence-corrected chi connectivity index (χ4v) is 3.59. The normalized spacial score (nSPS) is 24.4. The highest BCUT2D eigenvalue weighted by atomic mass is 32.2. The van der Waals surface area contributed by atoms with Crippen molar-refractivity contribution in [2.24, 2.45) is 0 Å². The molecule has 1 aliphatic rings. The zero-order chi connectivity index (χ0) is 22.5. The third kappa shape index (κ3) is 6.25. The number of hydrogen-bond acceptors (Lipinski definition) is 7. The quantitative estimate of drug-likeness (QED) is 0.453. The minimum absolute atomic E-state index is 0.0668. The molecule has 3 rings (SSSR count). The fraction of sp³-hybridized carbons (Fsp3) is 0.400. The average Bonchev–Trinajstić information content (AvgIpc) is 3.01. The molecule has 170 valence electrons. The smallest absolute Gasteiger partial charge is 0.374 e. The summed E-state index contributed by atoms with van der Waals surface area (Å²) >= 11 is 0. The lowest BCUT2D eigenvalue weighted by Crippen LogP contribution is -2.42. The fourth-order valence-electron chi connectivity index (χ4n) is 2.98. The molecule has 0 unspecified atom stereocenters. The van der Waals surface area contributed by atoms with Gasteiger partial charge in [0.05, 0.1) is 19.8 Å². The lowest BCUT2D eigenvalue weighted by molar-refractivity contribution is -0.136. The number of aliphatic hydroxyl groups excluding tert-OH is 1. The van der Waals surface area contributed by atoms with Gasteiger partial charge in [-0.25, -0.2) is 0 Å². The van der Waals surface area contributed by atoms with Crippen LogP contribution in [-0.4, -0.2) is 50.2 Å². The Labute approximate surface area is 177 Å². The summed E-state index contributed by atoms with van der Waals surface area (Å²) in [5.41, 5.74) is -4.13. The van der Waals surface area contributed by atoms with Crippen LogP contribution in [0.1, 0.15) is 11.1 Å².